The highest BCUT2D eigenvalue weighted by molar-refractivity contribution is 4.76. The molecule has 1 atom stereocenters. The number of piperazine rings is 1. The second-order valence-corrected chi connectivity index (χ2v) is 6.26. The van der Waals surface area contributed by atoms with E-state index in [0.717, 1.165) is 26.3 Å². The fourth-order valence-corrected chi connectivity index (χ4v) is 3.07. The molecule has 0 radical (unpaired) electrons. The fourth-order valence-electron chi connectivity index (χ4n) is 3.07. The molecule has 0 aliphatic carbocycles. The first-order valence-corrected chi connectivity index (χ1v) is 7.95. The zero-order valence-corrected chi connectivity index (χ0v) is 13.0. The van der Waals surface area contributed by atoms with Crippen molar-refractivity contribution in [3.05, 3.63) is 0 Å². The Morgan fingerprint density at radius 3 is 2.05 bits per heavy atom. The van der Waals surface area contributed by atoms with Gasteiger partial charge in [-0.25, -0.2) is 0 Å². The number of ether oxygens (including phenoxy) is 1. The van der Waals surface area contributed by atoms with Crippen LogP contribution in [0, 0.1) is 0 Å². The first kappa shape index (κ1) is 15.2. The minimum atomic E-state index is 0.701. The highest BCUT2D eigenvalue weighted by Crippen LogP contribution is 2.10. The number of morpholine rings is 1. The van der Waals surface area contributed by atoms with Crippen molar-refractivity contribution in [1.29, 1.82) is 0 Å². The van der Waals surface area contributed by atoms with E-state index in [9.17, 15) is 0 Å². The average Bonchev–Trinajstić information content (AvgIpc) is 2.46. The van der Waals surface area contributed by atoms with Crippen LogP contribution in [0.4, 0.5) is 0 Å². The van der Waals surface area contributed by atoms with E-state index in [1.54, 1.807) is 0 Å². The molecule has 112 valence electrons. The molecule has 0 amide bonds. The van der Waals surface area contributed by atoms with Gasteiger partial charge in [-0.2, -0.15) is 0 Å². The van der Waals surface area contributed by atoms with E-state index in [1.807, 2.05) is 0 Å². The second-order valence-electron chi connectivity index (χ2n) is 6.26. The lowest BCUT2D eigenvalue weighted by atomic mass is 10.1. The van der Waals surface area contributed by atoms with Crippen molar-refractivity contribution in [3.63, 3.8) is 0 Å². The maximum atomic E-state index is 5.42. The lowest BCUT2D eigenvalue weighted by Crippen LogP contribution is -2.50. The number of hydrogen-bond donors (Lipinski definition) is 0. The smallest absolute Gasteiger partial charge is 0.0594 e. The molecule has 0 aromatic rings. The first-order chi connectivity index (χ1) is 9.16. The SMILES string of the molecule is CC(C)N1CCN(CCC(C)N2CCOCC2)CC1. The largest absolute Gasteiger partial charge is 0.379 e. The van der Waals surface area contributed by atoms with Gasteiger partial charge in [0.1, 0.15) is 0 Å². The van der Waals surface area contributed by atoms with Crippen LogP contribution in [0.1, 0.15) is 27.2 Å². The Morgan fingerprint density at radius 1 is 0.842 bits per heavy atom. The molecule has 4 heteroatoms. The molecular weight excluding hydrogens is 238 g/mol. The quantitative estimate of drug-likeness (QED) is 0.744. The Kier molecular flexibility index (Phi) is 6.07. The summed E-state index contributed by atoms with van der Waals surface area (Å²) >= 11 is 0. The van der Waals surface area contributed by atoms with E-state index >= 15 is 0 Å². The summed E-state index contributed by atoms with van der Waals surface area (Å²) in [6, 6.07) is 1.40. The van der Waals surface area contributed by atoms with Crippen LogP contribution in [0.15, 0.2) is 0 Å². The molecule has 2 heterocycles. The molecule has 2 rings (SSSR count). The zero-order valence-electron chi connectivity index (χ0n) is 13.0. The third-order valence-electron chi connectivity index (χ3n) is 4.67. The van der Waals surface area contributed by atoms with Crippen LogP contribution in [-0.2, 0) is 4.74 Å². The molecule has 0 aromatic heterocycles. The molecule has 0 aromatic carbocycles. The van der Waals surface area contributed by atoms with Crippen LogP contribution in [0.2, 0.25) is 0 Å². The van der Waals surface area contributed by atoms with Crippen molar-refractivity contribution in [2.75, 3.05) is 59.0 Å². The van der Waals surface area contributed by atoms with E-state index < -0.39 is 0 Å². The second kappa shape index (κ2) is 7.58. The fraction of sp³-hybridized carbons (Fsp3) is 1.00. The topological polar surface area (TPSA) is 19.0 Å². The minimum Gasteiger partial charge on any atom is -0.379 e. The van der Waals surface area contributed by atoms with Gasteiger partial charge in [0.2, 0.25) is 0 Å². The monoisotopic (exact) mass is 269 g/mol. The highest BCUT2D eigenvalue weighted by Gasteiger charge is 2.21. The van der Waals surface area contributed by atoms with E-state index in [1.165, 1.54) is 39.1 Å². The Labute approximate surface area is 118 Å². The highest BCUT2D eigenvalue weighted by atomic mass is 16.5. The third kappa shape index (κ3) is 4.71. The van der Waals surface area contributed by atoms with Gasteiger partial charge in [-0.15, -0.1) is 0 Å². The number of hydrogen-bond acceptors (Lipinski definition) is 4. The maximum Gasteiger partial charge on any atom is 0.0594 e. The van der Waals surface area contributed by atoms with Gasteiger partial charge in [-0.05, 0) is 33.7 Å². The summed E-state index contributed by atoms with van der Waals surface area (Å²) in [6.45, 7) is 17.3. The predicted molar refractivity (Wildman–Crippen MR) is 79.6 cm³/mol. The lowest BCUT2D eigenvalue weighted by molar-refractivity contribution is 0.0150. The van der Waals surface area contributed by atoms with Crippen LogP contribution in [0.5, 0.6) is 0 Å². The number of nitrogens with zero attached hydrogens (tertiary/aromatic N) is 3. The summed E-state index contributed by atoms with van der Waals surface area (Å²) in [5.41, 5.74) is 0. The first-order valence-electron chi connectivity index (χ1n) is 7.95. The van der Waals surface area contributed by atoms with Gasteiger partial charge in [-0.1, -0.05) is 0 Å². The van der Waals surface area contributed by atoms with Crippen LogP contribution >= 0.6 is 0 Å². The van der Waals surface area contributed by atoms with E-state index in [-0.39, 0.29) is 0 Å². The van der Waals surface area contributed by atoms with Crippen molar-refractivity contribution in [2.24, 2.45) is 0 Å². The third-order valence-corrected chi connectivity index (χ3v) is 4.67. The van der Waals surface area contributed by atoms with E-state index in [2.05, 4.69) is 35.5 Å². The minimum absolute atomic E-state index is 0.701. The maximum absolute atomic E-state index is 5.42. The summed E-state index contributed by atoms with van der Waals surface area (Å²) in [5.74, 6) is 0. The average molecular weight is 269 g/mol. The zero-order chi connectivity index (χ0) is 13.7. The van der Waals surface area contributed by atoms with Gasteiger partial charge in [0, 0.05) is 51.4 Å². The summed E-state index contributed by atoms with van der Waals surface area (Å²) in [5, 5.41) is 0. The van der Waals surface area contributed by atoms with Gasteiger partial charge in [0.25, 0.3) is 0 Å². The molecule has 2 aliphatic heterocycles. The molecule has 2 aliphatic rings. The Hall–Kier alpha value is -0.160. The molecule has 0 bridgehead atoms. The molecule has 4 nitrogen and oxygen atoms in total. The van der Waals surface area contributed by atoms with Gasteiger partial charge in [-0.3, -0.25) is 9.80 Å². The molecule has 2 fully saturated rings. The van der Waals surface area contributed by atoms with Gasteiger partial charge >= 0.3 is 0 Å². The Bertz CT molecular complexity index is 246. The van der Waals surface area contributed by atoms with Crippen LogP contribution in [0.25, 0.3) is 0 Å². The molecule has 19 heavy (non-hydrogen) atoms. The molecule has 0 N–H and O–H groups in total. The van der Waals surface area contributed by atoms with Gasteiger partial charge in [0.05, 0.1) is 13.2 Å². The lowest BCUT2D eigenvalue weighted by Gasteiger charge is -2.38. The van der Waals surface area contributed by atoms with E-state index in [4.69, 9.17) is 4.74 Å². The van der Waals surface area contributed by atoms with Crippen molar-refractivity contribution < 1.29 is 4.74 Å². The molecule has 2 saturated heterocycles. The van der Waals surface area contributed by atoms with Crippen molar-refractivity contribution in [3.8, 4) is 0 Å². The summed E-state index contributed by atoms with van der Waals surface area (Å²) in [6.07, 6.45) is 1.29. The standard InChI is InChI=1S/C15H31N3O/c1-14(2)17-8-6-16(7-9-17)5-4-15(3)18-10-12-19-13-11-18/h14-15H,4-13H2,1-3H3. The van der Waals surface area contributed by atoms with Crippen molar-refractivity contribution >= 4 is 0 Å². The Morgan fingerprint density at radius 2 is 1.47 bits per heavy atom. The van der Waals surface area contributed by atoms with Gasteiger partial charge < -0.3 is 9.64 Å². The van der Waals surface area contributed by atoms with Crippen molar-refractivity contribution in [2.45, 2.75) is 39.3 Å². The molecule has 0 spiro atoms. The van der Waals surface area contributed by atoms with Crippen LogP contribution in [-0.4, -0.2) is 85.8 Å². The summed E-state index contributed by atoms with van der Waals surface area (Å²) < 4.78 is 5.42. The molecule has 1 unspecified atom stereocenters. The van der Waals surface area contributed by atoms with E-state index in [0.29, 0.717) is 12.1 Å². The predicted octanol–water partition coefficient (Wildman–Crippen LogP) is 1.12. The van der Waals surface area contributed by atoms with Crippen molar-refractivity contribution in [1.82, 2.24) is 14.7 Å². The Balaban J connectivity index is 1.63. The number of rotatable bonds is 5. The van der Waals surface area contributed by atoms with Crippen LogP contribution in [0.3, 0.4) is 0 Å². The van der Waals surface area contributed by atoms with Crippen LogP contribution < -0.4 is 0 Å². The summed E-state index contributed by atoms with van der Waals surface area (Å²) in [4.78, 5) is 7.80. The molecular formula is C15H31N3O. The van der Waals surface area contributed by atoms with Gasteiger partial charge in [0.15, 0.2) is 0 Å². The summed E-state index contributed by atoms with van der Waals surface area (Å²) in [7, 11) is 0. The molecule has 0 saturated carbocycles. The normalized spacial score (nSPS) is 25.9.